The van der Waals surface area contributed by atoms with Gasteiger partial charge in [-0.25, -0.2) is 24.9 Å². The Hall–Kier alpha value is -3.66. The van der Waals surface area contributed by atoms with Crippen LogP contribution in [0.4, 0.5) is 5.82 Å². The summed E-state index contributed by atoms with van der Waals surface area (Å²) < 4.78 is 5.17. The molecule has 4 heterocycles. The molecule has 0 atom stereocenters. The number of pyridine rings is 1. The van der Waals surface area contributed by atoms with Gasteiger partial charge in [0.15, 0.2) is 0 Å². The summed E-state index contributed by atoms with van der Waals surface area (Å²) in [6.07, 6.45) is 6.37. The molecule has 0 unspecified atom stereocenters. The molecule has 0 aliphatic carbocycles. The first-order valence-electron chi connectivity index (χ1n) is 9.54. The van der Waals surface area contributed by atoms with Crippen LogP contribution in [0.2, 0.25) is 0 Å². The number of carbonyl (C=O) groups excluding carboxylic acids is 1. The standard InChI is InChI=1S/C21H21N7O2S/c1-13-17-19(24-9-15-5-6-22-11-25-15)26-12-27-20(17)31-18(13)21(29)28(2)10-14-4-7-23-16(8-14)30-3/h4-8,11-12H,9-10H2,1-3H3,(H,24,26,27). The number of ether oxygens (including phenoxy) is 1. The third-order valence-electron chi connectivity index (χ3n) is 4.78. The average Bonchev–Trinajstić information content (AvgIpc) is 3.15. The number of amides is 1. The number of thiophene rings is 1. The quantitative estimate of drug-likeness (QED) is 0.472. The first kappa shape index (κ1) is 20.6. The fourth-order valence-corrected chi connectivity index (χ4v) is 4.33. The summed E-state index contributed by atoms with van der Waals surface area (Å²) in [5.41, 5.74) is 2.64. The lowest BCUT2D eigenvalue weighted by Crippen LogP contribution is -2.26. The van der Waals surface area contributed by atoms with E-state index in [9.17, 15) is 4.79 Å². The van der Waals surface area contributed by atoms with Gasteiger partial charge in [0.1, 0.15) is 23.3 Å². The largest absolute Gasteiger partial charge is 0.481 e. The third kappa shape index (κ3) is 4.43. The van der Waals surface area contributed by atoms with Gasteiger partial charge in [-0.2, -0.15) is 0 Å². The summed E-state index contributed by atoms with van der Waals surface area (Å²) in [6, 6.07) is 5.52. The van der Waals surface area contributed by atoms with Crippen LogP contribution in [-0.4, -0.2) is 49.9 Å². The van der Waals surface area contributed by atoms with Crippen LogP contribution in [0.25, 0.3) is 10.2 Å². The monoisotopic (exact) mass is 435 g/mol. The van der Waals surface area contributed by atoms with Crippen molar-refractivity contribution in [3.63, 3.8) is 0 Å². The van der Waals surface area contributed by atoms with Crippen molar-refractivity contribution in [2.45, 2.75) is 20.0 Å². The number of nitrogens with one attached hydrogen (secondary N) is 1. The molecule has 4 rings (SSSR count). The molecule has 31 heavy (non-hydrogen) atoms. The molecule has 4 aromatic rings. The van der Waals surface area contributed by atoms with Gasteiger partial charge in [0.25, 0.3) is 5.91 Å². The Balaban J connectivity index is 1.57. The molecule has 1 N–H and O–H groups in total. The van der Waals surface area contributed by atoms with Gasteiger partial charge in [0, 0.05) is 32.1 Å². The molecule has 10 heteroatoms. The molecule has 0 aliphatic rings. The summed E-state index contributed by atoms with van der Waals surface area (Å²) in [5.74, 6) is 1.13. The van der Waals surface area contributed by atoms with Crippen LogP contribution in [0.15, 0.2) is 43.2 Å². The highest BCUT2D eigenvalue weighted by Crippen LogP contribution is 2.34. The minimum absolute atomic E-state index is 0.0713. The highest BCUT2D eigenvalue weighted by Gasteiger charge is 2.22. The Labute approximate surface area is 183 Å². The Morgan fingerprint density at radius 3 is 2.81 bits per heavy atom. The summed E-state index contributed by atoms with van der Waals surface area (Å²) in [4.78, 5) is 37.3. The first-order chi connectivity index (χ1) is 15.1. The van der Waals surface area contributed by atoms with Gasteiger partial charge in [-0.1, -0.05) is 0 Å². The number of anilines is 1. The number of rotatable bonds is 7. The van der Waals surface area contributed by atoms with Crippen LogP contribution >= 0.6 is 11.3 Å². The van der Waals surface area contributed by atoms with E-state index in [-0.39, 0.29) is 5.91 Å². The number of carbonyl (C=O) groups is 1. The van der Waals surface area contributed by atoms with Crippen molar-refractivity contribution in [1.82, 2.24) is 29.8 Å². The number of fused-ring (bicyclic) bond motifs is 1. The molecular formula is C21H21N7O2S. The fraction of sp³-hybridized carbons (Fsp3) is 0.238. The maximum absolute atomic E-state index is 13.2. The van der Waals surface area contributed by atoms with Crippen molar-refractivity contribution in [1.29, 1.82) is 0 Å². The number of methoxy groups -OCH3 is 1. The molecule has 0 bridgehead atoms. The molecule has 4 aromatic heterocycles. The number of aryl methyl sites for hydroxylation is 1. The maximum atomic E-state index is 13.2. The molecule has 158 valence electrons. The lowest BCUT2D eigenvalue weighted by atomic mass is 10.1. The molecule has 0 aromatic carbocycles. The van der Waals surface area contributed by atoms with Gasteiger partial charge < -0.3 is 15.0 Å². The van der Waals surface area contributed by atoms with Crippen LogP contribution in [0.3, 0.4) is 0 Å². The number of hydrogen-bond donors (Lipinski definition) is 1. The molecule has 0 saturated carbocycles. The van der Waals surface area contributed by atoms with Crippen LogP contribution in [0.5, 0.6) is 5.88 Å². The molecule has 0 aliphatic heterocycles. The topological polar surface area (TPSA) is 106 Å². The molecule has 0 radical (unpaired) electrons. The summed E-state index contributed by atoms with van der Waals surface area (Å²) in [6.45, 7) is 2.86. The SMILES string of the molecule is COc1cc(CN(C)C(=O)c2sc3ncnc(NCc4ccncn4)c3c2C)ccn1. The summed E-state index contributed by atoms with van der Waals surface area (Å²) in [7, 11) is 3.35. The molecule has 1 amide bonds. The fourth-order valence-electron chi connectivity index (χ4n) is 3.19. The predicted molar refractivity (Wildman–Crippen MR) is 118 cm³/mol. The zero-order chi connectivity index (χ0) is 21.8. The van der Waals surface area contributed by atoms with E-state index < -0.39 is 0 Å². The van der Waals surface area contributed by atoms with Crippen molar-refractivity contribution in [3.8, 4) is 5.88 Å². The predicted octanol–water partition coefficient (Wildman–Crippen LogP) is 3.08. The van der Waals surface area contributed by atoms with Gasteiger partial charge >= 0.3 is 0 Å². The second-order valence-corrected chi connectivity index (χ2v) is 7.88. The Kier molecular flexibility index (Phi) is 5.99. The van der Waals surface area contributed by atoms with Gasteiger partial charge in [-0.3, -0.25) is 4.79 Å². The zero-order valence-electron chi connectivity index (χ0n) is 17.4. The smallest absolute Gasteiger partial charge is 0.264 e. The van der Waals surface area contributed by atoms with Crippen molar-refractivity contribution in [3.05, 3.63) is 64.9 Å². The normalized spacial score (nSPS) is 10.8. The summed E-state index contributed by atoms with van der Waals surface area (Å²) in [5, 5.41) is 4.15. The Morgan fingerprint density at radius 1 is 1.16 bits per heavy atom. The molecular weight excluding hydrogens is 414 g/mol. The van der Waals surface area contributed by atoms with Crippen LogP contribution in [-0.2, 0) is 13.1 Å². The van der Waals surface area contributed by atoms with E-state index in [2.05, 4.69) is 30.2 Å². The second-order valence-electron chi connectivity index (χ2n) is 6.88. The van der Waals surface area contributed by atoms with Crippen molar-refractivity contribution in [2.75, 3.05) is 19.5 Å². The molecule has 9 nitrogen and oxygen atoms in total. The van der Waals surface area contributed by atoms with Gasteiger partial charge in [0.05, 0.1) is 29.6 Å². The van der Waals surface area contributed by atoms with E-state index in [1.54, 1.807) is 31.5 Å². The van der Waals surface area contributed by atoms with E-state index >= 15 is 0 Å². The zero-order valence-corrected chi connectivity index (χ0v) is 18.2. The Morgan fingerprint density at radius 2 is 2.03 bits per heavy atom. The summed E-state index contributed by atoms with van der Waals surface area (Å²) >= 11 is 1.37. The highest BCUT2D eigenvalue weighted by atomic mass is 32.1. The van der Waals surface area contributed by atoms with Gasteiger partial charge in [-0.15, -0.1) is 11.3 Å². The highest BCUT2D eigenvalue weighted by molar-refractivity contribution is 7.20. The van der Waals surface area contributed by atoms with Crippen molar-refractivity contribution in [2.24, 2.45) is 0 Å². The first-order valence-corrected chi connectivity index (χ1v) is 10.4. The second kappa shape index (κ2) is 9.00. The minimum atomic E-state index is -0.0713. The van der Waals surface area contributed by atoms with Crippen molar-refractivity contribution >= 4 is 33.3 Å². The van der Waals surface area contributed by atoms with Crippen LogP contribution in [0.1, 0.15) is 26.5 Å². The average molecular weight is 436 g/mol. The van der Waals surface area contributed by atoms with Crippen LogP contribution in [0, 0.1) is 6.92 Å². The molecule has 0 spiro atoms. The van der Waals surface area contributed by atoms with E-state index in [1.165, 1.54) is 24.0 Å². The van der Waals surface area contributed by atoms with Crippen LogP contribution < -0.4 is 10.1 Å². The minimum Gasteiger partial charge on any atom is -0.481 e. The molecule has 0 saturated heterocycles. The number of nitrogens with zero attached hydrogens (tertiary/aromatic N) is 6. The van der Waals surface area contributed by atoms with Gasteiger partial charge in [0.2, 0.25) is 5.88 Å². The number of hydrogen-bond acceptors (Lipinski definition) is 9. The van der Waals surface area contributed by atoms with Crippen molar-refractivity contribution < 1.29 is 9.53 Å². The van der Waals surface area contributed by atoms with E-state index in [1.807, 2.05) is 25.1 Å². The number of aromatic nitrogens is 5. The lowest BCUT2D eigenvalue weighted by molar-refractivity contribution is 0.0789. The lowest BCUT2D eigenvalue weighted by Gasteiger charge is -2.17. The Bertz CT molecular complexity index is 1210. The molecule has 0 fully saturated rings. The maximum Gasteiger partial charge on any atom is 0.264 e. The van der Waals surface area contributed by atoms with Gasteiger partial charge in [-0.05, 0) is 30.2 Å². The van der Waals surface area contributed by atoms with E-state index in [0.29, 0.717) is 29.7 Å². The van der Waals surface area contributed by atoms with E-state index in [0.717, 1.165) is 27.0 Å². The van der Waals surface area contributed by atoms with E-state index in [4.69, 9.17) is 4.74 Å². The third-order valence-corrected chi connectivity index (χ3v) is 5.96.